The van der Waals surface area contributed by atoms with E-state index in [0.29, 0.717) is 28.2 Å². The Morgan fingerprint density at radius 2 is 2.21 bits per heavy atom. The van der Waals surface area contributed by atoms with Crippen molar-refractivity contribution in [2.75, 3.05) is 5.32 Å². The van der Waals surface area contributed by atoms with Gasteiger partial charge in [0.05, 0.1) is 36.2 Å². The van der Waals surface area contributed by atoms with E-state index in [1.807, 2.05) is 19.9 Å². The quantitative estimate of drug-likeness (QED) is 0.467. The second-order valence-corrected chi connectivity index (χ2v) is 7.05. The minimum absolute atomic E-state index is 0.197. The van der Waals surface area contributed by atoms with Gasteiger partial charge in [-0.1, -0.05) is 5.21 Å². The fourth-order valence-electron chi connectivity index (χ4n) is 3.26. The third-order valence-electron chi connectivity index (χ3n) is 5.05. The topological polar surface area (TPSA) is 111 Å². The Kier molecular flexibility index (Phi) is 3.25. The Hall–Kier alpha value is -3.53. The lowest BCUT2D eigenvalue weighted by Crippen LogP contribution is -2.41. The van der Waals surface area contributed by atoms with E-state index >= 15 is 0 Å². The van der Waals surface area contributed by atoms with E-state index in [1.165, 1.54) is 10.7 Å². The molecule has 0 fully saturated rings. The molecule has 10 nitrogen and oxygen atoms in total. The Morgan fingerprint density at radius 1 is 1.31 bits per heavy atom. The molecule has 1 amide bonds. The molecule has 0 aliphatic carbocycles. The van der Waals surface area contributed by atoms with Crippen LogP contribution in [0.2, 0.25) is 0 Å². The molecule has 1 aliphatic rings. The number of carbonyl (C=O) groups excluding carboxylic acids is 1. The second kappa shape index (κ2) is 6.52. The van der Waals surface area contributed by atoms with E-state index < -0.39 is 6.98 Å². The lowest BCUT2D eigenvalue weighted by Gasteiger charge is -2.22. The summed E-state index contributed by atoms with van der Waals surface area (Å²) in [6, 6.07) is 6.66. The molecule has 4 aromatic rings. The first-order valence-corrected chi connectivity index (χ1v) is 9.14. The van der Waals surface area contributed by atoms with E-state index in [-0.39, 0.29) is 30.4 Å². The molecule has 0 spiro atoms. The number of benzene rings is 1. The molecular weight excluding hydrogens is 372 g/mol. The highest BCUT2D eigenvalue weighted by molar-refractivity contribution is 5.93. The Balaban J connectivity index is 1.70. The molecule has 4 heterocycles. The predicted molar refractivity (Wildman–Crippen MR) is 106 cm³/mol. The summed E-state index contributed by atoms with van der Waals surface area (Å²) in [7, 11) is 0. The van der Waals surface area contributed by atoms with Crippen LogP contribution in [0, 0.1) is 0 Å². The fourth-order valence-corrected chi connectivity index (χ4v) is 3.26. The molecule has 0 saturated carbocycles. The van der Waals surface area contributed by atoms with Crippen LogP contribution in [-0.2, 0) is 18.3 Å². The molecule has 1 aliphatic heterocycles. The third kappa shape index (κ3) is 2.97. The van der Waals surface area contributed by atoms with Crippen LogP contribution in [-0.4, -0.2) is 47.6 Å². The number of nitrogens with one attached hydrogen (secondary N) is 2. The molecule has 3 aromatic heterocycles. The number of amides is 1. The molecule has 4 bridgehead atoms. The van der Waals surface area contributed by atoms with E-state index in [2.05, 4.69) is 31.0 Å². The van der Waals surface area contributed by atoms with E-state index in [9.17, 15) is 4.79 Å². The summed E-state index contributed by atoms with van der Waals surface area (Å²) in [6.45, 7) is 1.41. The summed E-state index contributed by atoms with van der Waals surface area (Å²) in [5.41, 5.74) is 2.76. The van der Waals surface area contributed by atoms with Crippen molar-refractivity contribution < 1.29 is 13.6 Å². The molecule has 10 heteroatoms. The first kappa shape index (κ1) is 14.5. The zero-order chi connectivity index (χ0) is 22.6. The Bertz CT molecular complexity index is 1350. The standard InChI is InChI=1S/C19H20N8O2/c1-10-11(2)29-9-12-6-13(18-14(7-12)26(3)25-23-18)22-16-4-5-17-20-8-15(19(28)21-10)27(17)24-16/h4-8,10-11H,9H2,1-3H3,(H,21,28)(H,22,24)/t10-,11+/m1/s1/i3D3. The van der Waals surface area contributed by atoms with Crippen molar-refractivity contribution in [3.8, 4) is 0 Å². The highest BCUT2D eigenvalue weighted by atomic mass is 16.5. The van der Waals surface area contributed by atoms with Crippen LogP contribution in [0.1, 0.15) is 34.0 Å². The van der Waals surface area contributed by atoms with Gasteiger partial charge in [-0.3, -0.25) is 4.79 Å². The van der Waals surface area contributed by atoms with Gasteiger partial charge in [-0.05, 0) is 43.7 Å². The Labute approximate surface area is 170 Å². The van der Waals surface area contributed by atoms with Crippen molar-refractivity contribution in [2.24, 2.45) is 6.98 Å². The van der Waals surface area contributed by atoms with E-state index in [1.54, 1.807) is 18.2 Å². The summed E-state index contributed by atoms with van der Waals surface area (Å²) >= 11 is 0. The second-order valence-electron chi connectivity index (χ2n) is 7.05. The first-order chi connectivity index (χ1) is 15.2. The Morgan fingerprint density at radius 3 is 3.07 bits per heavy atom. The van der Waals surface area contributed by atoms with Gasteiger partial charge in [0, 0.05) is 11.1 Å². The zero-order valence-corrected chi connectivity index (χ0v) is 15.7. The zero-order valence-electron chi connectivity index (χ0n) is 18.7. The third-order valence-corrected chi connectivity index (χ3v) is 5.05. The van der Waals surface area contributed by atoms with Gasteiger partial charge >= 0.3 is 0 Å². The number of carbonyl (C=O) groups is 1. The molecule has 1 aromatic carbocycles. The average molecular weight is 395 g/mol. The molecule has 2 N–H and O–H groups in total. The molecule has 29 heavy (non-hydrogen) atoms. The molecule has 0 unspecified atom stereocenters. The number of imidazole rings is 1. The number of ether oxygens (including phenoxy) is 1. The van der Waals surface area contributed by atoms with Crippen molar-refractivity contribution in [1.82, 2.24) is 34.9 Å². The number of fused-ring (bicyclic) bond motifs is 5. The van der Waals surface area contributed by atoms with Gasteiger partial charge in [-0.2, -0.15) is 0 Å². The SMILES string of the molecule is [2H]C([2H])([2H])n1nnc2c3cc(cc21)CO[C@@H](C)[C@@H](C)NC(=O)c1cnc2ccc(nn12)N3. The van der Waals surface area contributed by atoms with Crippen LogP contribution in [0.15, 0.2) is 30.5 Å². The maximum absolute atomic E-state index is 12.8. The number of hydrogen-bond acceptors (Lipinski definition) is 7. The molecule has 2 atom stereocenters. The summed E-state index contributed by atoms with van der Waals surface area (Å²) in [4.78, 5) is 17.0. The van der Waals surface area contributed by atoms with Crippen molar-refractivity contribution >= 4 is 34.1 Å². The maximum atomic E-state index is 12.8. The van der Waals surface area contributed by atoms with Crippen molar-refractivity contribution in [2.45, 2.75) is 32.6 Å². The van der Waals surface area contributed by atoms with Gasteiger partial charge in [0.15, 0.2) is 17.2 Å². The number of nitrogens with zero attached hydrogens (tertiary/aromatic N) is 6. The van der Waals surface area contributed by atoms with Crippen LogP contribution >= 0.6 is 0 Å². The smallest absolute Gasteiger partial charge is 0.271 e. The first-order valence-electron chi connectivity index (χ1n) is 10.6. The summed E-state index contributed by atoms with van der Waals surface area (Å²) < 4.78 is 31.6. The van der Waals surface area contributed by atoms with Crippen molar-refractivity contribution in [3.05, 3.63) is 41.7 Å². The average Bonchev–Trinajstić information content (AvgIpc) is 3.35. The van der Waals surface area contributed by atoms with E-state index in [0.717, 1.165) is 10.2 Å². The highest BCUT2D eigenvalue weighted by Gasteiger charge is 2.21. The van der Waals surface area contributed by atoms with Gasteiger partial charge in [-0.25, -0.2) is 14.2 Å². The predicted octanol–water partition coefficient (Wildman–Crippen LogP) is 1.79. The molecule has 0 saturated heterocycles. The lowest BCUT2D eigenvalue weighted by molar-refractivity contribution is 0.0302. The normalized spacial score (nSPS) is 21.9. The van der Waals surface area contributed by atoms with Crippen molar-refractivity contribution in [1.29, 1.82) is 0 Å². The van der Waals surface area contributed by atoms with E-state index in [4.69, 9.17) is 8.85 Å². The molecule has 5 rings (SSSR count). The number of rotatable bonds is 0. The van der Waals surface area contributed by atoms with Crippen LogP contribution in [0.3, 0.4) is 0 Å². The summed E-state index contributed by atoms with van der Waals surface area (Å²) in [5, 5.41) is 18.5. The lowest BCUT2D eigenvalue weighted by atomic mass is 10.1. The summed E-state index contributed by atoms with van der Waals surface area (Å²) in [5.74, 6) is 0.106. The maximum Gasteiger partial charge on any atom is 0.271 e. The highest BCUT2D eigenvalue weighted by Crippen LogP contribution is 2.27. The van der Waals surface area contributed by atoms with Gasteiger partial charge in [-0.15, -0.1) is 10.2 Å². The van der Waals surface area contributed by atoms with Gasteiger partial charge in [0.1, 0.15) is 5.52 Å². The number of aromatic nitrogens is 6. The number of aryl methyl sites for hydroxylation is 1. The van der Waals surface area contributed by atoms with Gasteiger partial charge < -0.3 is 15.4 Å². The van der Waals surface area contributed by atoms with Crippen LogP contribution in [0.4, 0.5) is 11.5 Å². The van der Waals surface area contributed by atoms with Gasteiger partial charge in [0.2, 0.25) is 0 Å². The van der Waals surface area contributed by atoms with Crippen LogP contribution in [0.5, 0.6) is 0 Å². The monoisotopic (exact) mass is 395 g/mol. The fraction of sp³-hybridized carbons (Fsp3) is 0.316. The number of anilines is 2. The molecule has 0 radical (unpaired) electrons. The largest absolute Gasteiger partial charge is 0.372 e. The summed E-state index contributed by atoms with van der Waals surface area (Å²) in [6.07, 6.45) is 1.15. The minimum atomic E-state index is -2.48. The van der Waals surface area contributed by atoms with Crippen LogP contribution < -0.4 is 10.6 Å². The van der Waals surface area contributed by atoms with Crippen molar-refractivity contribution in [3.63, 3.8) is 0 Å². The van der Waals surface area contributed by atoms with Gasteiger partial charge in [0.25, 0.3) is 5.91 Å². The van der Waals surface area contributed by atoms with Crippen LogP contribution in [0.25, 0.3) is 16.7 Å². The molecule has 148 valence electrons. The molecular formula is C19H20N8O2. The minimum Gasteiger partial charge on any atom is -0.372 e. The number of hydrogen-bond donors (Lipinski definition) is 2.